The highest BCUT2D eigenvalue weighted by atomic mass is 16.5. The molecule has 0 fully saturated rings. The molecule has 0 aliphatic heterocycles. The van der Waals surface area contributed by atoms with Crippen LogP contribution in [0, 0.1) is 11.8 Å². The summed E-state index contributed by atoms with van der Waals surface area (Å²) in [6.07, 6.45) is 2.17. The molecular formula is C16H27NO. The lowest BCUT2D eigenvalue weighted by molar-refractivity contribution is 0.239. The van der Waals surface area contributed by atoms with Crippen molar-refractivity contribution in [3.05, 3.63) is 29.8 Å². The molecule has 0 saturated heterocycles. The number of nitrogens with two attached hydrogens (primary N) is 1. The van der Waals surface area contributed by atoms with Gasteiger partial charge < -0.3 is 10.5 Å². The van der Waals surface area contributed by atoms with Crippen LogP contribution in [0.1, 0.15) is 52.1 Å². The maximum atomic E-state index is 5.98. The maximum absolute atomic E-state index is 5.98. The zero-order valence-corrected chi connectivity index (χ0v) is 12.1. The average molecular weight is 249 g/mol. The summed E-state index contributed by atoms with van der Waals surface area (Å²) in [5, 5.41) is 0. The third-order valence-corrected chi connectivity index (χ3v) is 3.16. The molecule has 102 valence electrons. The fourth-order valence-electron chi connectivity index (χ4n) is 2.16. The molecule has 2 heteroatoms. The molecule has 2 nitrogen and oxygen atoms in total. The summed E-state index contributed by atoms with van der Waals surface area (Å²) in [6, 6.07) is 8.31. The Bertz CT molecular complexity index is 331. The standard InChI is InChI=1S/C16H27NO/c1-5-16(17)14-6-8-15(9-7-14)18-11-13(4)10-12(2)3/h6-9,12-13,16H,5,10-11,17H2,1-4H3/t13?,16-/m1/s1. The molecule has 1 aromatic rings. The van der Waals surface area contributed by atoms with Gasteiger partial charge in [-0.2, -0.15) is 0 Å². The second-order valence-electron chi connectivity index (χ2n) is 5.63. The summed E-state index contributed by atoms with van der Waals surface area (Å²) in [7, 11) is 0. The van der Waals surface area contributed by atoms with Crippen LogP contribution in [0.4, 0.5) is 0 Å². The second kappa shape index (κ2) is 7.42. The van der Waals surface area contributed by atoms with Crippen LogP contribution >= 0.6 is 0 Å². The van der Waals surface area contributed by atoms with Crippen LogP contribution < -0.4 is 10.5 Å². The van der Waals surface area contributed by atoms with Crippen LogP contribution in [0.3, 0.4) is 0 Å². The SMILES string of the molecule is CC[C@@H](N)c1ccc(OCC(C)CC(C)C)cc1. The highest BCUT2D eigenvalue weighted by Gasteiger charge is 2.07. The minimum atomic E-state index is 0.138. The van der Waals surface area contributed by atoms with E-state index in [0.717, 1.165) is 24.7 Å². The Balaban J connectivity index is 2.44. The normalized spacial score (nSPS) is 14.6. The fraction of sp³-hybridized carbons (Fsp3) is 0.625. The minimum absolute atomic E-state index is 0.138. The Morgan fingerprint density at radius 3 is 2.22 bits per heavy atom. The van der Waals surface area contributed by atoms with Crippen molar-refractivity contribution in [1.82, 2.24) is 0 Å². The highest BCUT2D eigenvalue weighted by molar-refractivity contribution is 5.28. The number of rotatable bonds is 7. The highest BCUT2D eigenvalue weighted by Crippen LogP contribution is 2.19. The van der Waals surface area contributed by atoms with Crippen molar-refractivity contribution in [3.8, 4) is 5.75 Å². The fourth-order valence-corrected chi connectivity index (χ4v) is 2.16. The van der Waals surface area contributed by atoms with Crippen LogP contribution in [0.5, 0.6) is 5.75 Å². The van der Waals surface area contributed by atoms with Crippen molar-refractivity contribution in [3.63, 3.8) is 0 Å². The van der Waals surface area contributed by atoms with Gasteiger partial charge in [0.05, 0.1) is 6.61 Å². The first-order valence-electron chi connectivity index (χ1n) is 7.01. The Morgan fingerprint density at radius 2 is 1.72 bits per heavy atom. The van der Waals surface area contributed by atoms with Crippen LogP contribution in [-0.4, -0.2) is 6.61 Å². The molecule has 0 radical (unpaired) electrons. The molecule has 1 rings (SSSR count). The quantitative estimate of drug-likeness (QED) is 0.787. The van der Waals surface area contributed by atoms with E-state index >= 15 is 0 Å². The molecular weight excluding hydrogens is 222 g/mol. The van der Waals surface area contributed by atoms with Crippen molar-refractivity contribution < 1.29 is 4.74 Å². The lowest BCUT2D eigenvalue weighted by atomic mass is 10.00. The molecule has 0 aromatic heterocycles. The lowest BCUT2D eigenvalue weighted by Gasteiger charge is -2.15. The van der Waals surface area contributed by atoms with Gasteiger partial charge in [0.2, 0.25) is 0 Å². The Labute approximate surface area is 112 Å². The van der Waals surface area contributed by atoms with Crippen molar-refractivity contribution in [2.75, 3.05) is 6.61 Å². The molecule has 1 aromatic carbocycles. The topological polar surface area (TPSA) is 35.2 Å². The van der Waals surface area contributed by atoms with Gasteiger partial charge in [0.25, 0.3) is 0 Å². The van der Waals surface area contributed by atoms with Crippen LogP contribution in [0.25, 0.3) is 0 Å². The van der Waals surface area contributed by atoms with E-state index in [1.165, 1.54) is 12.0 Å². The summed E-state index contributed by atoms with van der Waals surface area (Å²) in [4.78, 5) is 0. The van der Waals surface area contributed by atoms with E-state index in [2.05, 4.69) is 39.8 Å². The van der Waals surface area contributed by atoms with Crippen LogP contribution in [0.15, 0.2) is 24.3 Å². The third-order valence-electron chi connectivity index (χ3n) is 3.16. The number of hydrogen-bond donors (Lipinski definition) is 1. The van der Waals surface area contributed by atoms with Gasteiger partial charge in [-0.15, -0.1) is 0 Å². The zero-order chi connectivity index (χ0) is 13.5. The van der Waals surface area contributed by atoms with Gasteiger partial charge in [-0.3, -0.25) is 0 Å². The third kappa shape index (κ3) is 5.09. The summed E-state index contributed by atoms with van der Waals surface area (Å²) < 4.78 is 5.80. The lowest BCUT2D eigenvalue weighted by Crippen LogP contribution is -2.11. The van der Waals surface area contributed by atoms with E-state index in [1.54, 1.807) is 0 Å². The first-order valence-corrected chi connectivity index (χ1v) is 7.01. The number of ether oxygens (including phenoxy) is 1. The summed E-state index contributed by atoms with van der Waals surface area (Å²) in [6.45, 7) is 9.62. The monoisotopic (exact) mass is 249 g/mol. The number of benzene rings is 1. The van der Waals surface area contributed by atoms with E-state index < -0.39 is 0 Å². The first kappa shape index (κ1) is 15.0. The predicted molar refractivity (Wildman–Crippen MR) is 77.8 cm³/mol. The van der Waals surface area contributed by atoms with Gasteiger partial charge >= 0.3 is 0 Å². The zero-order valence-electron chi connectivity index (χ0n) is 12.1. The van der Waals surface area contributed by atoms with Crippen molar-refractivity contribution in [2.24, 2.45) is 17.6 Å². The molecule has 2 N–H and O–H groups in total. The van der Waals surface area contributed by atoms with E-state index in [0.29, 0.717) is 5.92 Å². The van der Waals surface area contributed by atoms with Crippen molar-refractivity contribution in [1.29, 1.82) is 0 Å². The molecule has 0 aliphatic rings. The van der Waals surface area contributed by atoms with Crippen LogP contribution in [0.2, 0.25) is 0 Å². The van der Waals surface area contributed by atoms with E-state index in [4.69, 9.17) is 10.5 Å². The summed E-state index contributed by atoms with van der Waals surface area (Å²) in [5.74, 6) is 2.27. The minimum Gasteiger partial charge on any atom is -0.493 e. The maximum Gasteiger partial charge on any atom is 0.119 e. The molecule has 1 unspecified atom stereocenters. The first-order chi connectivity index (χ1) is 8.52. The molecule has 0 spiro atoms. The van der Waals surface area contributed by atoms with Gasteiger partial charge in [-0.1, -0.05) is 39.8 Å². The van der Waals surface area contributed by atoms with Gasteiger partial charge in [-0.05, 0) is 42.4 Å². The van der Waals surface area contributed by atoms with Gasteiger partial charge in [0, 0.05) is 6.04 Å². The molecule has 0 bridgehead atoms. The number of hydrogen-bond acceptors (Lipinski definition) is 2. The van der Waals surface area contributed by atoms with Gasteiger partial charge in [0.15, 0.2) is 0 Å². The van der Waals surface area contributed by atoms with Crippen molar-refractivity contribution in [2.45, 2.75) is 46.6 Å². The molecule has 2 atom stereocenters. The van der Waals surface area contributed by atoms with Gasteiger partial charge in [-0.25, -0.2) is 0 Å². The van der Waals surface area contributed by atoms with Crippen LogP contribution in [-0.2, 0) is 0 Å². The molecule has 0 heterocycles. The summed E-state index contributed by atoms with van der Waals surface area (Å²) >= 11 is 0. The smallest absolute Gasteiger partial charge is 0.119 e. The average Bonchev–Trinajstić information content (AvgIpc) is 2.35. The van der Waals surface area contributed by atoms with E-state index in [1.807, 2.05) is 12.1 Å². The van der Waals surface area contributed by atoms with Gasteiger partial charge in [0.1, 0.15) is 5.75 Å². The Kier molecular flexibility index (Phi) is 6.20. The molecule has 18 heavy (non-hydrogen) atoms. The second-order valence-corrected chi connectivity index (χ2v) is 5.63. The molecule has 0 saturated carbocycles. The van der Waals surface area contributed by atoms with Crippen molar-refractivity contribution >= 4 is 0 Å². The molecule has 0 amide bonds. The van der Waals surface area contributed by atoms with E-state index in [9.17, 15) is 0 Å². The van der Waals surface area contributed by atoms with E-state index in [-0.39, 0.29) is 6.04 Å². The largest absolute Gasteiger partial charge is 0.493 e. The molecule has 0 aliphatic carbocycles. The Morgan fingerprint density at radius 1 is 1.11 bits per heavy atom. The predicted octanol–water partition coefficient (Wildman–Crippen LogP) is 4.16. The summed E-state index contributed by atoms with van der Waals surface area (Å²) in [5.41, 5.74) is 7.16. The Hall–Kier alpha value is -1.02.